The summed E-state index contributed by atoms with van der Waals surface area (Å²) >= 11 is 0. The van der Waals surface area contributed by atoms with E-state index in [1.807, 2.05) is 6.92 Å². The zero-order valence-electron chi connectivity index (χ0n) is 7.99. The highest BCUT2D eigenvalue weighted by atomic mass is 16.4. The van der Waals surface area contributed by atoms with E-state index in [9.17, 15) is 9.59 Å². The molecule has 5 heteroatoms. The maximum atomic E-state index is 10.4. The number of carboxylic acids is 1. The Bertz CT molecular complexity index is 173. The van der Waals surface area contributed by atoms with Crippen LogP contribution in [0, 0.1) is 0 Å². The smallest absolute Gasteiger partial charge is 0.317 e. The first kappa shape index (κ1) is 12.1. The third-order valence-corrected chi connectivity index (χ3v) is 1.80. The van der Waals surface area contributed by atoms with E-state index in [1.165, 1.54) is 0 Å². The molecule has 1 atom stereocenters. The Kier molecular flexibility index (Phi) is 6.09. The van der Waals surface area contributed by atoms with Gasteiger partial charge in [-0.1, -0.05) is 6.92 Å². The quantitative estimate of drug-likeness (QED) is 0.511. The van der Waals surface area contributed by atoms with Crippen molar-refractivity contribution in [3.63, 3.8) is 0 Å². The average Bonchev–Trinajstić information content (AvgIpc) is 2.11. The van der Waals surface area contributed by atoms with Gasteiger partial charge in [0.2, 0.25) is 0 Å². The van der Waals surface area contributed by atoms with E-state index in [0.29, 0.717) is 13.1 Å². The summed E-state index contributed by atoms with van der Waals surface area (Å²) in [7, 11) is 1.67. The number of hydrogen-bond donors (Lipinski definition) is 2. The summed E-state index contributed by atoms with van der Waals surface area (Å²) in [6.45, 7) is 2.89. The van der Waals surface area contributed by atoms with Gasteiger partial charge in [0.1, 0.15) is 6.29 Å². The predicted molar refractivity (Wildman–Crippen MR) is 48.7 cm³/mol. The van der Waals surface area contributed by atoms with Gasteiger partial charge < -0.3 is 15.2 Å². The molecule has 1 unspecified atom stereocenters. The fourth-order valence-corrected chi connectivity index (χ4v) is 0.977. The minimum Gasteiger partial charge on any atom is -0.480 e. The van der Waals surface area contributed by atoms with Crippen LogP contribution in [0.3, 0.4) is 0 Å². The first-order chi connectivity index (χ1) is 6.13. The second-order valence-electron chi connectivity index (χ2n) is 2.75. The second kappa shape index (κ2) is 6.56. The molecular weight excluding hydrogens is 172 g/mol. The van der Waals surface area contributed by atoms with Crippen LogP contribution in [-0.2, 0) is 9.59 Å². The molecule has 0 rings (SSSR count). The van der Waals surface area contributed by atoms with Crippen LogP contribution in [0.5, 0.6) is 0 Å². The van der Waals surface area contributed by atoms with Crippen LogP contribution in [0.25, 0.3) is 0 Å². The van der Waals surface area contributed by atoms with Gasteiger partial charge in [-0.2, -0.15) is 0 Å². The molecule has 13 heavy (non-hydrogen) atoms. The fourth-order valence-electron chi connectivity index (χ4n) is 0.977. The molecule has 0 fully saturated rings. The minimum absolute atomic E-state index is 0.0253. The summed E-state index contributed by atoms with van der Waals surface area (Å²) in [5.74, 6) is -0.873. The van der Waals surface area contributed by atoms with Gasteiger partial charge in [0.25, 0.3) is 0 Å². The molecule has 0 aliphatic rings. The molecule has 5 nitrogen and oxygen atoms in total. The predicted octanol–water partition coefficient (Wildman–Crippen LogP) is -0.820. The summed E-state index contributed by atoms with van der Waals surface area (Å²) in [6.07, 6.45) is 0.782. The lowest BCUT2D eigenvalue weighted by Gasteiger charge is -2.21. The topological polar surface area (TPSA) is 69.6 Å². The van der Waals surface area contributed by atoms with Crippen molar-refractivity contribution in [1.82, 2.24) is 10.2 Å². The molecule has 0 saturated carbocycles. The van der Waals surface area contributed by atoms with Crippen molar-refractivity contribution >= 4 is 12.3 Å². The number of hydrogen-bond acceptors (Lipinski definition) is 4. The summed E-state index contributed by atoms with van der Waals surface area (Å²) < 4.78 is 0. The molecule has 0 aromatic rings. The van der Waals surface area contributed by atoms with Crippen molar-refractivity contribution in [3.05, 3.63) is 0 Å². The monoisotopic (exact) mass is 188 g/mol. The number of aliphatic carboxylic acids is 1. The highest BCUT2D eigenvalue weighted by Gasteiger charge is 2.12. The van der Waals surface area contributed by atoms with Crippen molar-refractivity contribution in [3.8, 4) is 0 Å². The van der Waals surface area contributed by atoms with E-state index < -0.39 is 5.97 Å². The lowest BCUT2D eigenvalue weighted by Crippen LogP contribution is -2.42. The Labute approximate surface area is 77.7 Å². The largest absolute Gasteiger partial charge is 0.480 e. The maximum absolute atomic E-state index is 10.4. The third-order valence-electron chi connectivity index (χ3n) is 1.80. The molecule has 0 radical (unpaired) electrons. The molecule has 0 saturated heterocycles. The molecule has 0 spiro atoms. The van der Waals surface area contributed by atoms with Crippen LogP contribution in [0.1, 0.15) is 6.92 Å². The van der Waals surface area contributed by atoms with Crippen LogP contribution < -0.4 is 5.32 Å². The lowest BCUT2D eigenvalue weighted by atomic mass is 10.3. The number of rotatable bonds is 7. The van der Waals surface area contributed by atoms with Crippen molar-refractivity contribution in [2.45, 2.75) is 13.0 Å². The van der Waals surface area contributed by atoms with E-state index in [1.54, 1.807) is 11.9 Å². The number of likely N-dealkylation sites (N-methyl/N-ethyl adjacent to an activating group) is 2. The maximum Gasteiger partial charge on any atom is 0.317 e. The second-order valence-corrected chi connectivity index (χ2v) is 2.75. The first-order valence-electron chi connectivity index (χ1n) is 4.20. The van der Waals surface area contributed by atoms with E-state index in [2.05, 4.69) is 5.32 Å². The molecule has 0 aromatic carbocycles. The van der Waals surface area contributed by atoms with Crippen LogP contribution in [0.15, 0.2) is 0 Å². The van der Waals surface area contributed by atoms with Gasteiger partial charge in [-0.25, -0.2) is 0 Å². The fraction of sp³-hybridized carbons (Fsp3) is 0.750. The number of carbonyl (C=O) groups is 2. The third kappa shape index (κ3) is 5.32. The Morgan fingerprint density at radius 2 is 2.31 bits per heavy atom. The van der Waals surface area contributed by atoms with Crippen LogP contribution in [-0.4, -0.2) is 55.0 Å². The minimum atomic E-state index is -0.873. The molecular formula is C8H16N2O3. The van der Waals surface area contributed by atoms with Crippen molar-refractivity contribution in [2.75, 3.05) is 26.7 Å². The van der Waals surface area contributed by atoms with E-state index in [4.69, 9.17) is 5.11 Å². The standard InChI is InChI=1S/C8H16N2O3/c1-3-10(5-8(12)13)4-7(6-11)9-2/h6-7,9H,3-5H2,1-2H3,(H,12,13). The molecule has 0 aromatic heterocycles. The SMILES string of the molecule is CCN(CC(=O)O)CC(C=O)NC. The normalized spacial score (nSPS) is 12.8. The van der Waals surface area contributed by atoms with Crippen LogP contribution in [0.4, 0.5) is 0 Å². The van der Waals surface area contributed by atoms with Crippen molar-refractivity contribution in [2.24, 2.45) is 0 Å². The van der Waals surface area contributed by atoms with Gasteiger partial charge in [-0.3, -0.25) is 9.69 Å². The summed E-state index contributed by atoms with van der Waals surface area (Å²) in [5, 5.41) is 11.3. The van der Waals surface area contributed by atoms with Gasteiger partial charge >= 0.3 is 5.97 Å². The van der Waals surface area contributed by atoms with Gasteiger partial charge in [-0.05, 0) is 13.6 Å². The number of carbonyl (C=O) groups excluding carboxylic acids is 1. The van der Waals surface area contributed by atoms with Gasteiger partial charge in [0.05, 0.1) is 12.6 Å². The highest BCUT2D eigenvalue weighted by Crippen LogP contribution is 1.90. The number of nitrogens with zero attached hydrogens (tertiary/aromatic N) is 1. The molecule has 76 valence electrons. The van der Waals surface area contributed by atoms with Crippen LogP contribution >= 0.6 is 0 Å². The molecule has 0 heterocycles. The average molecular weight is 188 g/mol. The summed E-state index contributed by atoms with van der Waals surface area (Å²) in [6, 6.07) is -0.292. The Morgan fingerprint density at radius 1 is 1.69 bits per heavy atom. The summed E-state index contributed by atoms with van der Waals surface area (Å²) in [5.41, 5.74) is 0. The first-order valence-corrected chi connectivity index (χ1v) is 4.20. The lowest BCUT2D eigenvalue weighted by molar-refractivity contribution is -0.138. The Hall–Kier alpha value is -0.940. The number of carboxylic acid groups (broad SMARTS) is 1. The molecule has 2 N–H and O–H groups in total. The highest BCUT2D eigenvalue weighted by molar-refractivity contribution is 5.69. The molecule has 0 bridgehead atoms. The zero-order chi connectivity index (χ0) is 10.3. The molecule has 0 aliphatic heterocycles. The Morgan fingerprint density at radius 3 is 2.62 bits per heavy atom. The number of nitrogens with one attached hydrogen (secondary N) is 1. The van der Waals surface area contributed by atoms with Gasteiger partial charge in [0.15, 0.2) is 0 Å². The Balaban J connectivity index is 3.94. The van der Waals surface area contributed by atoms with Crippen molar-refractivity contribution < 1.29 is 14.7 Å². The summed E-state index contributed by atoms with van der Waals surface area (Å²) in [4.78, 5) is 22.5. The van der Waals surface area contributed by atoms with Gasteiger partial charge in [-0.15, -0.1) is 0 Å². The van der Waals surface area contributed by atoms with E-state index in [-0.39, 0.29) is 12.6 Å². The molecule has 0 amide bonds. The zero-order valence-corrected chi connectivity index (χ0v) is 7.99. The van der Waals surface area contributed by atoms with Crippen molar-refractivity contribution in [1.29, 1.82) is 0 Å². The van der Waals surface area contributed by atoms with Gasteiger partial charge in [0, 0.05) is 6.54 Å². The van der Waals surface area contributed by atoms with E-state index in [0.717, 1.165) is 6.29 Å². The van der Waals surface area contributed by atoms with E-state index >= 15 is 0 Å². The van der Waals surface area contributed by atoms with Crippen LogP contribution in [0.2, 0.25) is 0 Å². The number of aldehydes is 1. The molecule has 0 aliphatic carbocycles.